The Hall–Kier alpha value is -1.43. The summed E-state index contributed by atoms with van der Waals surface area (Å²) in [6, 6.07) is 5.65. The molecule has 0 saturated heterocycles. The molecule has 2 N–H and O–H groups in total. The van der Waals surface area contributed by atoms with E-state index in [1.165, 1.54) is 0 Å². The van der Waals surface area contributed by atoms with Crippen LogP contribution >= 0.6 is 27.5 Å². The van der Waals surface area contributed by atoms with Gasteiger partial charge in [-0.15, -0.1) is 0 Å². The molecule has 1 unspecified atom stereocenters. The smallest absolute Gasteiger partial charge is 0.0892 e. The lowest BCUT2D eigenvalue weighted by atomic mass is 10.0. The van der Waals surface area contributed by atoms with Crippen LogP contribution in [0.2, 0.25) is 5.02 Å². The van der Waals surface area contributed by atoms with Crippen molar-refractivity contribution >= 4 is 33.0 Å². The van der Waals surface area contributed by atoms with Gasteiger partial charge in [-0.05, 0) is 24.1 Å². The van der Waals surface area contributed by atoms with E-state index >= 15 is 0 Å². The van der Waals surface area contributed by atoms with Crippen molar-refractivity contribution in [2.45, 2.75) is 12.5 Å². The van der Waals surface area contributed by atoms with Gasteiger partial charge in [-0.3, -0.25) is 4.98 Å². The molecule has 3 rings (SSSR count). The predicted molar refractivity (Wildman–Crippen MR) is 82.8 cm³/mol. The van der Waals surface area contributed by atoms with Crippen molar-refractivity contribution in [1.82, 2.24) is 14.6 Å². The first kappa shape index (κ1) is 13.5. The van der Waals surface area contributed by atoms with Crippen molar-refractivity contribution < 1.29 is 0 Å². The summed E-state index contributed by atoms with van der Waals surface area (Å²) in [6.07, 6.45) is 7.71. The van der Waals surface area contributed by atoms with E-state index in [1.54, 1.807) is 29.3 Å². The van der Waals surface area contributed by atoms with E-state index in [9.17, 15) is 0 Å². The van der Waals surface area contributed by atoms with E-state index in [0.29, 0.717) is 11.4 Å². The number of nitrogens with zero attached hydrogens (tertiary/aromatic N) is 3. The van der Waals surface area contributed by atoms with Crippen LogP contribution in [0.3, 0.4) is 0 Å². The van der Waals surface area contributed by atoms with Crippen LogP contribution in [0.15, 0.2) is 47.5 Å². The number of hydrogen-bond acceptors (Lipinski definition) is 3. The molecule has 0 aliphatic heterocycles. The summed E-state index contributed by atoms with van der Waals surface area (Å²) in [6.45, 7) is 0. The van der Waals surface area contributed by atoms with E-state index in [2.05, 4.69) is 26.0 Å². The minimum atomic E-state index is -0.171. The quantitative estimate of drug-likeness (QED) is 0.787. The fourth-order valence-corrected chi connectivity index (χ4v) is 2.92. The predicted octanol–water partition coefficient (Wildman–Crippen LogP) is 3.39. The van der Waals surface area contributed by atoms with E-state index in [-0.39, 0.29) is 6.04 Å². The average Bonchev–Trinajstić information content (AvgIpc) is 2.86. The first-order valence-corrected chi connectivity index (χ1v) is 7.29. The number of aromatic nitrogens is 3. The maximum Gasteiger partial charge on any atom is 0.0892 e. The Kier molecular flexibility index (Phi) is 3.74. The first-order valence-electron chi connectivity index (χ1n) is 6.12. The molecule has 1 aromatic carbocycles. The van der Waals surface area contributed by atoms with Crippen molar-refractivity contribution in [3.8, 4) is 0 Å². The Morgan fingerprint density at radius 2 is 2.20 bits per heavy atom. The third kappa shape index (κ3) is 2.57. The van der Waals surface area contributed by atoms with E-state index in [1.807, 2.05) is 18.2 Å². The standard InChI is InChI=1S/C14H12BrClN4/c15-10-2-1-9(12(16)6-10)5-13(17)11-7-19-20-4-3-18-8-14(11)20/h1-4,6-8,13H,5,17H2. The number of rotatable bonds is 3. The second kappa shape index (κ2) is 5.52. The SMILES string of the molecule is NC(Cc1ccc(Br)cc1Cl)c1cnn2ccncc12. The summed E-state index contributed by atoms with van der Waals surface area (Å²) in [7, 11) is 0. The number of benzene rings is 1. The van der Waals surface area contributed by atoms with Crippen LogP contribution < -0.4 is 5.73 Å². The van der Waals surface area contributed by atoms with Crippen LogP contribution in [0.1, 0.15) is 17.2 Å². The number of fused-ring (bicyclic) bond motifs is 1. The maximum absolute atomic E-state index is 6.29. The molecule has 2 aromatic heterocycles. The van der Waals surface area contributed by atoms with Gasteiger partial charge in [0.15, 0.2) is 0 Å². The van der Waals surface area contributed by atoms with Gasteiger partial charge >= 0.3 is 0 Å². The van der Waals surface area contributed by atoms with Gasteiger partial charge in [-0.25, -0.2) is 4.52 Å². The molecule has 0 aliphatic rings. The lowest BCUT2D eigenvalue weighted by Gasteiger charge is -2.12. The molecule has 0 saturated carbocycles. The molecule has 3 aromatic rings. The van der Waals surface area contributed by atoms with Crippen molar-refractivity contribution in [3.63, 3.8) is 0 Å². The fraction of sp³-hybridized carbons (Fsp3) is 0.143. The largest absolute Gasteiger partial charge is 0.324 e. The van der Waals surface area contributed by atoms with E-state index < -0.39 is 0 Å². The molecule has 2 heterocycles. The Bertz CT molecular complexity index is 756. The molecule has 0 aliphatic carbocycles. The molecular weight excluding hydrogens is 340 g/mol. The fourth-order valence-electron chi connectivity index (χ4n) is 2.17. The number of nitrogens with two attached hydrogens (primary N) is 1. The monoisotopic (exact) mass is 350 g/mol. The van der Waals surface area contributed by atoms with Crippen LogP contribution in [0.4, 0.5) is 0 Å². The minimum Gasteiger partial charge on any atom is -0.324 e. The van der Waals surface area contributed by atoms with E-state index in [0.717, 1.165) is 21.1 Å². The van der Waals surface area contributed by atoms with Crippen molar-refractivity contribution in [1.29, 1.82) is 0 Å². The molecule has 0 amide bonds. The average molecular weight is 352 g/mol. The van der Waals surface area contributed by atoms with Crippen molar-refractivity contribution in [2.24, 2.45) is 5.73 Å². The van der Waals surface area contributed by atoms with Crippen LogP contribution in [0.5, 0.6) is 0 Å². The maximum atomic E-state index is 6.29. The van der Waals surface area contributed by atoms with Gasteiger partial charge in [0, 0.05) is 33.5 Å². The third-order valence-corrected chi connectivity index (χ3v) is 4.05. The van der Waals surface area contributed by atoms with Gasteiger partial charge in [0.05, 0.1) is 17.9 Å². The lowest BCUT2D eigenvalue weighted by molar-refractivity contribution is 0.727. The topological polar surface area (TPSA) is 56.2 Å². The van der Waals surface area contributed by atoms with Crippen LogP contribution in [-0.2, 0) is 6.42 Å². The highest BCUT2D eigenvalue weighted by atomic mass is 79.9. The van der Waals surface area contributed by atoms with Gasteiger partial charge in [0.2, 0.25) is 0 Å². The molecule has 1 atom stereocenters. The Morgan fingerprint density at radius 3 is 3.00 bits per heavy atom. The van der Waals surface area contributed by atoms with Gasteiger partial charge in [0.25, 0.3) is 0 Å². The highest BCUT2D eigenvalue weighted by Gasteiger charge is 2.14. The summed E-state index contributed by atoms with van der Waals surface area (Å²) in [4.78, 5) is 4.12. The summed E-state index contributed by atoms with van der Waals surface area (Å²) in [5.74, 6) is 0. The number of halogens is 2. The molecule has 4 nitrogen and oxygen atoms in total. The number of hydrogen-bond donors (Lipinski definition) is 1. The summed E-state index contributed by atoms with van der Waals surface area (Å²) >= 11 is 9.63. The Morgan fingerprint density at radius 1 is 1.35 bits per heavy atom. The third-order valence-electron chi connectivity index (χ3n) is 3.21. The lowest BCUT2D eigenvalue weighted by Crippen LogP contribution is -2.13. The molecule has 0 bridgehead atoms. The summed E-state index contributed by atoms with van der Waals surface area (Å²) in [5.41, 5.74) is 9.21. The van der Waals surface area contributed by atoms with Gasteiger partial charge in [0.1, 0.15) is 0 Å². The first-order chi connectivity index (χ1) is 9.65. The van der Waals surface area contributed by atoms with Crippen molar-refractivity contribution in [2.75, 3.05) is 0 Å². The van der Waals surface area contributed by atoms with Gasteiger partial charge in [-0.1, -0.05) is 33.6 Å². The zero-order chi connectivity index (χ0) is 14.1. The molecule has 0 fully saturated rings. The second-order valence-electron chi connectivity index (χ2n) is 4.55. The zero-order valence-electron chi connectivity index (χ0n) is 10.5. The highest BCUT2D eigenvalue weighted by Crippen LogP contribution is 2.26. The molecule has 6 heteroatoms. The molecule has 102 valence electrons. The second-order valence-corrected chi connectivity index (χ2v) is 5.88. The zero-order valence-corrected chi connectivity index (χ0v) is 12.8. The normalized spacial score (nSPS) is 12.8. The van der Waals surface area contributed by atoms with E-state index in [4.69, 9.17) is 17.3 Å². The summed E-state index contributed by atoms with van der Waals surface area (Å²) in [5, 5.41) is 4.99. The molecule has 20 heavy (non-hydrogen) atoms. The molecule has 0 spiro atoms. The van der Waals surface area contributed by atoms with Crippen LogP contribution in [0.25, 0.3) is 5.52 Å². The van der Waals surface area contributed by atoms with Crippen LogP contribution in [-0.4, -0.2) is 14.6 Å². The molecule has 0 radical (unpaired) electrons. The Labute approximate surface area is 129 Å². The van der Waals surface area contributed by atoms with Gasteiger partial charge in [-0.2, -0.15) is 5.10 Å². The van der Waals surface area contributed by atoms with Crippen molar-refractivity contribution in [3.05, 3.63) is 63.6 Å². The highest BCUT2D eigenvalue weighted by molar-refractivity contribution is 9.10. The van der Waals surface area contributed by atoms with Gasteiger partial charge < -0.3 is 5.73 Å². The Balaban J connectivity index is 1.91. The summed E-state index contributed by atoms with van der Waals surface area (Å²) < 4.78 is 2.73. The van der Waals surface area contributed by atoms with Crippen LogP contribution in [0, 0.1) is 0 Å². The molecular formula is C14H12BrClN4. The minimum absolute atomic E-state index is 0.171.